The SMILES string of the molecule is CC=CCCCCOc1nc(C)c(N=CN(C)CC)cc1Br. The smallest absolute Gasteiger partial charge is 0.228 e. The maximum absolute atomic E-state index is 5.76. The maximum atomic E-state index is 5.76. The molecule has 22 heavy (non-hydrogen) atoms. The van der Waals surface area contributed by atoms with Gasteiger partial charge in [0.05, 0.1) is 28.8 Å². The zero-order chi connectivity index (χ0) is 16.4. The monoisotopic (exact) mass is 367 g/mol. The van der Waals surface area contributed by atoms with Crippen LogP contribution in [0.2, 0.25) is 0 Å². The van der Waals surface area contributed by atoms with Crippen LogP contribution in [0, 0.1) is 6.92 Å². The highest BCUT2D eigenvalue weighted by Crippen LogP contribution is 2.29. The predicted octanol–water partition coefficient (Wildman–Crippen LogP) is 4.89. The standard InChI is InChI=1S/C17H26BrN3O/c1-5-7-8-9-10-11-22-17-15(18)12-16(14(3)20-17)19-13-21(4)6-2/h5,7,12-13H,6,8-11H2,1-4H3. The summed E-state index contributed by atoms with van der Waals surface area (Å²) in [4.78, 5) is 11.0. The van der Waals surface area contributed by atoms with Crippen LogP contribution < -0.4 is 4.74 Å². The van der Waals surface area contributed by atoms with Gasteiger partial charge in [-0.05, 0) is 62.0 Å². The summed E-state index contributed by atoms with van der Waals surface area (Å²) in [5.41, 5.74) is 1.72. The molecule has 1 aromatic heterocycles. The van der Waals surface area contributed by atoms with Crippen molar-refractivity contribution in [3.8, 4) is 5.88 Å². The molecule has 0 spiro atoms. The van der Waals surface area contributed by atoms with Crippen LogP contribution >= 0.6 is 15.9 Å². The Kier molecular flexibility index (Phi) is 8.82. The number of pyridine rings is 1. The second-order valence-electron chi connectivity index (χ2n) is 5.11. The lowest BCUT2D eigenvalue weighted by Crippen LogP contribution is -2.14. The van der Waals surface area contributed by atoms with Gasteiger partial charge in [-0.2, -0.15) is 0 Å². The van der Waals surface area contributed by atoms with Gasteiger partial charge in [0.2, 0.25) is 5.88 Å². The minimum absolute atomic E-state index is 0.645. The molecule has 0 atom stereocenters. The van der Waals surface area contributed by atoms with Crippen molar-refractivity contribution in [2.75, 3.05) is 20.2 Å². The predicted molar refractivity (Wildman–Crippen MR) is 97.3 cm³/mol. The molecule has 1 heterocycles. The van der Waals surface area contributed by atoms with Crippen molar-refractivity contribution in [1.29, 1.82) is 0 Å². The third-order valence-electron chi connectivity index (χ3n) is 3.24. The highest BCUT2D eigenvalue weighted by atomic mass is 79.9. The van der Waals surface area contributed by atoms with Gasteiger partial charge in [0, 0.05) is 13.6 Å². The van der Waals surface area contributed by atoms with Gasteiger partial charge in [-0.3, -0.25) is 0 Å². The molecule has 0 aromatic carbocycles. The zero-order valence-electron chi connectivity index (χ0n) is 14.0. The second kappa shape index (κ2) is 10.4. The average Bonchev–Trinajstić information content (AvgIpc) is 2.51. The highest BCUT2D eigenvalue weighted by Gasteiger charge is 2.08. The van der Waals surface area contributed by atoms with Crippen molar-refractivity contribution < 1.29 is 4.74 Å². The summed E-state index contributed by atoms with van der Waals surface area (Å²) in [7, 11) is 1.99. The van der Waals surface area contributed by atoms with Crippen molar-refractivity contribution in [1.82, 2.24) is 9.88 Å². The number of rotatable bonds is 9. The van der Waals surface area contributed by atoms with Gasteiger partial charge in [-0.15, -0.1) is 0 Å². The van der Waals surface area contributed by atoms with Gasteiger partial charge < -0.3 is 9.64 Å². The van der Waals surface area contributed by atoms with Gasteiger partial charge in [0.25, 0.3) is 0 Å². The Labute approximate surface area is 142 Å². The molecule has 0 amide bonds. The van der Waals surface area contributed by atoms with Crippen molar-refractivity contribution in [3.63, 3.8) is 0 Å². The zero-order valence-corrected chi connectivity index (χ0v) is 15.6. The molecular formula is C17H26BrN3O. The van der Waals surface area contributed by atoms with Crippen LogP contribution in [0.15, 0.2) is 27.7 Å². The molecule has 4 nitrogen and oxygen atoms in total. The third-order valence-corrected chi connectivity index (χ3v) is 3.81. The van der Waals surface area contributed by atoms with E-state index in [1.165, 1.54) is 0 Å². The number of allylic oxidation sites excluding steroid dienone is 2. The number of aryl methyl sites for hydroxylation is 1. The molecular weight excluding hydrogens is 342 g/mol. The van der Waals surface area contributed by atoms with Crippen molar-refractivity contribution >= 4 is 28.0 Å². The van der Waals surface area contributed by atoms with Crippen LogP contribution in [0.25, 0.3) is 0 Å². The summed E-state index contributed by atoms with van der Waals surface area (Å²) < 4.78 is 6.60. The van der Waals surface area contributed by atoms with Crippen LogP contribution in [0.1, 0.15) is 38.8 Å². The van der Waals surface area contributed by atoms with E-state index in [4.69, 9.17) is 4.74 Å². The summed E-state index contributed by atoms with van der Waals surface area (Å²) in [5, 5.41) is 0. The first-order valence-electron chi connectivity index (χ1n) is 7.74. The van der Waals surface area contributed by atoms with Crippen LogP contribution in [-0.2, 0) is 0 Å². The van der Waals surface area contributed by atoms with E-state index in [2.05, 4.69) is 45.0 Å². The number of aliphatic imine (C=N–C) groups is 1. The maximum Gasteiger partial charge on any atom is 0.228 e. The van der Waals surface area contributed by atoms with E-state index in [9.17, 15) is 0 Å². The van der Waals surface area contributed by atoms with Gasteiger partial charge >= 0.3 is 0 Å². The van der Waals surface area contributed by atoms with E-state index in [-0.39, 0.29) is 0 Å². The summed E-state index contributed by atoms with van der Waals surface area (Å²) >= 11 is 3.51. The first-order valence-corrected chi connectivity index (χ1v) is 8.53. The molecule has 0 unspecified atom stereocenters. The Morgan fingerprint density at radius 2 is 2.18 bits per heavy atom. The third kappa shape index (κ3) is 6.60. The highest BCUT2D eigenvalue weighted by molar-refractivity contribution is 9.10. The minimum atomic E-state index is 0.645. The summed E-state index contributed by atoms with van der Waals surface area (Å²) in [6.07, 6.45) is 9.34. The number of halogens is 1. The van der Waals surface area contributed by atoms with Gasteiger partial charge in [-0.1, -0.05) is 12.2 Å². The number of nitrogens with zero attached hydrogens (tertiary/aromatic N) is 3. The lowest BCUT2D eigenvalue weighted by atomic mass is 10.2. The Morgan fingerprint density at radius 3 is 2.86 bits per heavy atom. The number of aromatic nitrogens is 1. The van der Waals surface area contributed by atoms with Gasteiger partial charge in [0.15, 0.2) is 0 Å². The van der Waals surface area contributed by atoms with Crippen molar-refractivity contribution in [2.24, 2.45) is 4.99 Å². The Hall–Kier alpha value is -1.36. The largest absolute Gasteiger partial charge is 0.477 e. The summed E-state index contributed by atoms with van der Waals surface area (Å²) in [6, 6.07) is 1.96. The quantitative estimate of drug-likeness (QED) is 0.270. The molecule has 0 radical (unpaired) electrons. The fourth-order valence-electron chi connectivity index (χ4n) is 1.72. The van der Waals surface area contributed by atoms with Crippen LogP contribution in [0.4, 0.5) is 5.69 Å². The number of hydrogen-bond donors (Lipinski definition) is 0. The molecule has 1 rings (SSSR count). The molecule has 5 heteroatoms. The number of unbranched alkanes of at least 4 members (excludes halogenated alkanes) is 2. The summed E-state index contributed by atoms with van der Waals surface area (Å²) in [5.74, 6) is 0.645. The molecule has 0 aliphatic heterocycles. The molecule has 0 saturated carbocycles. The molecule has 122 valence electrons. The minimum Gasteiger partial charge on any atom is -0.477 e. The summed E-state index contributed by atoms with van der Waals surface area (Å²) in [6.45, 7) is 7.68. The van der Waals surface area contributed by atoms with Crippen LogP contribution in [0.3, 0.4) is 0 Å². The Bertz CT molecular complexity index is 515. The fraction of sp³-hybridized carbons (Fsp3) is 0.529. The number of ether oxygens (including phenoxy) is 1. The Morgan fingerprint density at radius 1 is 1.41 bits per heavy atom. The first-order chi connectivity index (χ1) is 10.6. The molecule has 0 bridgehead atoms. The van der Waals surface area contributed by atoms with E-state index >= 15 is 0 Å². The van der Waals surface area contributed by atoms with E-state index in [1.807, 2.05) is 38.2 Å². The van der Waals surface area contributed by atoms with Crippen molar-refractivity contribution in [2.45, 2.75) is 40.0 Å². The lowest BCUT2D eigenvalue weighted by molar-refractivity contribution is 0.293. The van der Waals surface area contributed by atoms with Gasteiger partial charge in [0.1, 0.15) is 0 Å². The molecule has 1 aromatic rings. The molecule has 0 aliphatic carbocycles. The Balaban J connectivity index is 2.59. The van der Waals surface area contributed by atoms with E-state index < -0.39 is 0 Å². The lowest BCUT2D eigenvalue weighted by Gasteiger charge is -2.11. The van der Waals surface area contributed by atoms with Gasteiger partial charge in [-0.25, -0.2) is 9.98 Å². The second-order valence-corrected chi connectivity index (χ2v) is 5.97. The first kappa shape index (κ1) is 18.7. The average molecular weight is 368 g/mol. The van der Waals surface area contributed by atoms with E-state index in [0.29, 0.717) is 12.5 Å². The van der Waals surface area contributed by atoms with Crippen LogP contribution in [0.5, 0.6) is 5.88 Å². The normalized spacial score (nSPS) is 11.5. The number of hydrogen-bond acceptors (Lipinski definition) is 3. The van der Waals surface area contributed by atoms with E-state index in [0.717, 1.165) is 41.7 Å². The van der Waals surface area contributed by atoms with Crippen LogP contribution in [-0.4, -0.2) is 36.4 Å². The molecule has 0 N–H and O–H groups in total. The topological polar surface area (TPSA) is 37.7 Å². The fourth-order valence-corrected chi connectivity index (χ4v) is 2.14. The van der Waals surface area contributed by atoms with E-state index in [1.54, 1.807) is 0 Å². The molecule has 0 fully saturated rings. The molecule has 0 aliphatic rings. The van der Waals surface area contributed by atoms with Crippen molar-refractivity contribution in [3.05, 3.63) is 28.4 Å². The molecule has 0 saturated heterocycles.